The van der Waals surface area contributed by atoms with Crippen molar-refractivity contribution in [2.75, 3.05) is 13.2 Å². The van der Waals surface area contributed by atoms with Crippen molar-refractivity contribution in [2.45, 2.75) is 353 Å². The molecule has 0 saturated heterocycles. The number of aliphatic hydroxyl groups excluding tert-OH is 2. The van der Waals surface area contributed by atoms with Crippen molar-refractivity contribution in [2.24, 2.45) is 0 Å². The number of unbranched alkanes of at least 4 members (excludes halogenated alkanes) is 45. The molecule has 0 aromatic heterocycles. The van der Waals surface area contributed by atoms with Crippen LogP contribution in [-0.4, -0.2) is 47.4 Å². The number of hydrogen-bond acceptors (Lipinski definition) is 5. The maximum atomic E-state index is 12.5. The number of esters is 1. The number of ether oxygens (including phenoxy) is 1. The smallest absolute Gasteiger partial charge is 0.305 e. The first-order valence-corrected chi connectivity index (χ1v) is 29.8. The molecule has 0 aliphatic rings. The van der Waals surface area contributed by atoms with E-state index in [4.69, 9.17) is 4.74 Å². The third-order valence-corrected chi connectivity index (χ3v) is 14.2. The van der Waals surface area contributed by atoms with Gasteiger partial charge in [-0.15, -0.1) is 0 Å². The average molecular weight is 921 g/mol. The SMILES string of the molecule is CCCCCCCCCCCCCCCCCCCC(=O)OCCCCCCCCCCCCCCCCCCCC(=O)NC(CO)C(O)CCCCCCCCCCCCCCCC. The Bertz CT molecular complexity index is 928. The summed E-state index contributed by atoms with van der Waals surface area (Å²) in [6.07, 6.45) is 63.8. The van der Waals surface area contributed by atoms with Gasteiger partial charge < -0.3 is 20.3 Å². The Hall–Kier alpha value is -1.14. The Morgan fingerprint density at radius 2 is 0.631 bits per heavy atom. The van der Waals surface area contributed by atoms with Crippen molar-refractivity contribution in [3.63, 3.8) is 0 Å². The van der Waals surface area contributed by atoms with E-state index in [0.29, 0.717) is 25.9 Å². The maximum absolute atomic E-state index is 12.5. The average Bonchev–Trinajstić information content (AvgIpc) is 3.31. The van der Waals surface area contributed by atoms with Gasteiger partial charge in [0.1, 0.15) is 0 Å². The molecule has 0 aromatic rings. The molecule has 3 N–H and O–H groups in total. The van der Waals surface area contributed by atoms with Gasteiger partial charge in [0.05, 0.1) is 25.4 Å². The lowest BCUT2D eigenvalue weighted by Crippen LogP contribution is -2.45. The molecule has 6 heteroatoms. The number of amides is 1. The zero-order valence-corrected chi connectivity index (χ0v) is 44.3. The highest BCUT2D eigenvalue weighted by Crippen LogP contribution is 2.18. The van der Waals surface area contributed by atoms with Crippen LogP contribution in [-0.2, 0) is 14.3 Å². The van der Waals surface area contributed by atoms with Gasteiger partial charge >= 0.3 is 5.97 Å². The normalized spacial score (nSPS) is 12.5. The molecular formula is C59H117NO5. The summed E-state index contributed by atoms with van der Waals surface area (Å²) in [6, 6.07) is -0.543. The van der Waals surface area contributed by atoms with Crippen molar-refractivity contribution in [1.82, 2.24) is 5.32 Å². The molecule has 0 heterocycles. The fourth-order valence-electron chi connectivity index (χ4n) is 9.58. The van der Waals surface area contributed by atoms with Crippen LogP contribution in [0, 0.1) is 0 Å². The standard InChI is InChI=1S/C59H117NO5/c1-3-5-7-9-11-13-15-17-19-21-25-29-33-37-41-45-49-53-59(64)65-54-50-46-42-38-34-30-26-23-20-22-24-28-32-36-40-44-48-52-58(63)60-56(55-61)57(62)51-47-43-39-35-31-27-18-16-14-12-10-8-6-4-2/h56-57,61-62H,3-55H2,1-2H3,(H,60,63). The number of rotatable bonds is 56. The predicted octanol–water partition coefficient (Wildman–Crippen LogP) is 18.3. The molecule has 6 nitrogen and oxygen atoms in total. The van der Waals surface area contributed by atoms with Crippen molar-refractivity contribution in [3.8, 4) is 0 Å². The summed E-state index contributed by atoms with van der Waals surface area (Å²) in [6.45, 7) is 4.97. The van der Waals surface area contributed by atoms with Crippen LogP contribution >= 0.6 is 0 Å². The van der Waals surface area contributed by atoms with Gasteiger partial charge in [-0.3, -0.25) is 9.59 Å². The Balaban J connectivity index is 3.38. The second-order valence-electron chi connectivity index (χ2n) is 20.7. The first-order chi connectivity index (χ1) is 32.0. The van der Waals surface area contributed by atoms with Crippen LogP contribution in [0.1, 0.15) is 341 Å². The third-order valence-electron chi connectivity index (χ3n) is 14.2. The molecule has 0 radical (unpaired) electrons. The van der Waals surface area contributed by atoms with Gasteiger partial charge in [0.25, 0.3) is 0 Å². The van der Waals surface area contributed by atoms with Crippen LogP contribution in [0.5, 0.6) is 0 Å². The Morgan fingerprint density at radius 1 is 0.369 bits per heavy atom. The minimum Gasteiger partial charge on any atom is -0.466 e. The number of carbonyl (C=O) groups is 2. The van der Waals surface area contributed by atoms with Crippen molar-refractivity contribution < 1.29 is 24.5 Å². The Kier molecular flexibility index (Phi) is 54.5. The third kappa shape index (κ3) is 52.1. The van der Waals surface area contributed by atoms with Gasteiger partial charge in [-0.05, 0) is 25.7 Å². The molecule has 1 amide bonds. The highest BCUT2D eigenvalue weighted by atomic mass is 16.5. The second-order valence-corrected chi connectivity index (χ2v) is 20.7. The van der Waals surface area contributed by atoms with Crippen LogP contribution in [0.3, 0.4) is 0 Å². The monoisotopic (exact) mass is 920 g/mol. The van der Waals surface area contributed by atoms with Gasteiger partial charge in [-0.2, -0.15) is 0 Å². The molecule has 0 aromatic carbocycles. The molecule has 0 saturated carbocycles. The molecule has 0 aliphatic carbocycles. The molecule has 0 spiro atoms. The van der Waals surface area contributed by atoms with E-state index in [1.165, 1.54) is 270 Å². The first kappa shape index (κ1) is 63.9. The van der Waals surface area contributed by atoms with E-state index in [2.05, 4.69) is 19.2 Å². The van der Waals surface area contributed by atoms with Crippen molar-refractivity contribution >= 4 is 11.9 Å². The second kappa shape index (κ2) is 55.5. The Labute approximate surface area is 406 Å². The molecule has 2 atom stereocenters. The minimum atomic E-state index is -0.666. The largest absolute Gasteiger partial charge is 0.466 e. The summed E-state index contributed by atoms with van der Waals surface area (Å²) in [5, 5.41) is 23.3. The molecule has 0 rings (SSSR count). The lowest BCUT2D eigenvalue weighted by atomic mass is 10.0. The number of carbonyl (C=O) groups excluding carboxylic acids is 2. The summed E-state index contributed by atoms with van der Waals surface area (Å²) in [4.78, 5) is 24.5. The Morgan fingerprint density at radius 3 is 0.938 bits per heavy atom. The first-order valence-electron chi connectivity index (χ1n) is 29.8. The van der Waals surface area contributed by atoms with E-state index in [9.17, 15) is 19.8 Å². The van der Waals surface area contributed by atoms with Crippen molar-refractivity contribution in [3.05, 3.63) is 0 Å². The van der Waals surface area contributed by atoms with Crippen LogP contribution < -0.4 is 5.32 Å². The van der Waals surface area contributed by atoms with E-state index < -0.39 is 12.1 Å². The highest BCUT2D eigenvalue weighted by molar-refractivity contribution is 5.76. The van der Waals surface area contributed by atoms with E-state index >= 15 is 0 Å². The fraction of sp³-hybridized carbons (Fsp3) is 0.966. The minimum absolute atomic E-state index is 0.0103. The van der Waals surface area contributed by atoms with Gasteiger partial charge in [-0.1, -0.05) is 303 Å². The quantitative estimate of drug-likeness (QED) is 0.0417. The molecule has 0 fully saturated rings. The molecule has 65 heavy (non-hydrogen) atoms. The van der Waals surface area contributed by atoms with E-state index in [0.717, 1.165) is 38.5 Å². The zero-order valence-electron chi connectivity index (χ0n) is 44.3. The van der Waals surface area contributed by atoms with Crippen molar-refractivity contribution in [1.29, 1.82) is 0 Å². The van der Waals surface area contributed by atoms with Gasteiger partial charge in [-0.25, -0.2) is 0 Å². The number of nitrogens with one attached hydrogen (secondary N) is 1. The molecule has 0 aliphatic heterocycles. The lowest BCUT2D eigenvalue weighted by Gasteiger charge is -2.22. The number of aliphatic hydroxyl groups is 2. The van der Waals surface area contributed by atoms with E-state index in [1.807, 2.05) is 0 Å². The van der Waals surface area contributed by atoms with Crippen LogP contribution in [0.4, 0.5) is 0 Å². The molecule has 0 bridgehead atoms. The van der Waals surface area contributed by atoms with Crippen LogP contribution in [0.25, 0.3) is 0 Å². The summed E-state index contributed by atoms with van der Waals surface area (Å²) in [5.74, 6) is -0.0274. The predicted molar refractivity (Wildman–Crippen MR) is 283 cm³/mol. The van der Waals surface area contributed by atoms with E-state index in [1.54, 1.807) is 0 Å². The zero-order chi connectivity index (χ0) is 47.2. The summed E-state index contributed by atoms with van der Waals surface area (Å²) in [7, 11) is 0. The fourth-order valence-corrected chi connectivity index (χ4v) is 9.58. The van der Waals surface area contributed by atoms with Crippen LogP contribution in [0.2, 0.25) is 0 Å². The lowest BCUT2D eigenvalue weighted by molar-refractivity contribution is -0.143. The van der Waals surface area contributed by atoms with Crippen LogP contribution in [0.15, 0.2) is 0 Å². The maximum Gasteiger partial charge on any atom is 0.305 e. The summed E-state index contributed by atoms with van der Waals surface area (Å²) >= 11 is 0. The summed E-state index contributed by atoms with van der Waals surface area (Å²) < 4.78 is 5.49. The molecular weight excluding hydrogens is 803 g/mol. The van der Waals surface area contributed by atoms with Gasteiger partial charge in [0.15, 0.2) is 0 Å². The topological polar surface area (TPSA) is 95.9 Å². The molecule has 2 unspecified atom stereocenters. The molecule has 388 valence electrons. The van der Waals surface area contributed by atoms with Gasteiger partial charge in [0, 0.05) is 12.8 Å². The van der Waals surface area contributed by atoms with Gasteiger partial charge in [0.2, 0.25) is 5.91 Å². The summed E-state index contributed by atoms with van der Waals surface area (Å²) in [5.41, 5.74) is 0. The highest BCUT2D eigenvalue weighted by Gasteiger charge is 2.20. The number of hydrogen-bond donors (Lipinski definition) is 3. The van der Waals surface area contributed by atoms with E-state index in [-0.39, 0.29) is 18.5 Å².